The van der Waals surface area contributed by atoms with Gasteiger partial charge in [-0.2, -0.15) is 10.1 Å². The topological polar surface area (TPSA) is 71.6 Å². The highest BCUT2D eigenvalue weighted by Gasteiger charge is 2.34. The van der Waals surface area contributed by atoms with E-state index in [-0.39, 0.29) is 11.8 Å². The second-order valence-corrected chi connectivity index (χ2v) is 4.77. The first kappa shape index (κ1) is 12.2. The number of carbonyl (C=O) groups excluding carboxylic acids is 1. The minimum atomic E-state index is -0.203. The fraction of sp³-hybridized carbons (Fsp3) is 0.364. The number of rotatable bonds is 3. The summed E-state index contributed by atoms with van der Waals surface area (Å²) in [7, 11) is 0. The van der Waals surface area contributed by atoms with Crippen molar-refractivity contribution in [2.75, 3.05) is 11.6 Å². The van der Waals surface area contributed by atoms with Gasteiger partial charge in [0, 0.05) is 16.4 Å². The van der Waals surface area contributed by atoms with E-state index in [9.17, 15) is 4.79 Å². The molecule has 1 aromatic rings. The molecular formula is C11H13BrN4O. The third-order valence-corrected chi connectivity index (χ3v) is 3.12. The van der Waals surface area contributed by atoms with Gasteiger partial charge in [0.1, 0.15) is 0 Å². The lowest BCUT2D eigenvalue weighted by molar-refractivity contribution is -0.119. The van der Waals surface area contributed by atoms with Crippen LogP contribution in [0.15, 0.2) is 27.9 Å². The quantitative estimate of drug-likeness (QED) is 0.919. The molecule has 1 aliphatic heterocycles. The van der Waals surface area contributed by atoms with Crippen molar-refractivity contribution in [3.8, 4) is 0 Å². The van der Waals surface area contributed by atoms with Gasteiger partial charge in [-0.3, -0.25) is 4.79 Å². The zero-order chi connectivity index (χ0) is 12.4. The fourth-order valence-corrected chi connectivity index (χ4v) is 1.99. The van der Waals surface area contributed by atoms with E-state index in [4.69, 9.17) is 5.73 Å². The molecule has 17 heavy (non-hydrogen) atoms. The van der Waals surface area contributed by atoms with E-state index in [1.54, 1.807) is 12.3 Å². The number of amides is 1. The van der Waals surface area contributed by atoms with Crippen LogP contribution in [-0.4, -0.2) is 23.1 Å². The van der Waals surface area contributed by atoms with Gasteiger partial charge >= 0.3 is 0 Å². The predicted molar refractivity (Wildman–Crippen MR) is 69.7 cm³/mol. The van der Waals surface area contributed by atoms with E-state index in [2.05, 4.69) is 26.0 Å². The summed E-state index contributed by atoms with van der Waals surface area (Å²) in [4.78, 5) is 16.3. The molecule has 2 heterocycles. The Balaban J connectivity index is 2.24. The number of hydrogen-bond acceptors (Lipinski definition) is 4. The molecule has 1 aliphatic rings. The van der Waals surface area contributed by atoms with Crippen molar-refractivity contribution in [2.24, 2.45) is 16.8 Å². The summed E-state index contributed by atoms with van der Waals surface area (Å²) < 4.78 is 0.868. The van der Waals surface area contributed by atoms with Gasteiger partial charge in [-0.1, -0.05) is 0 Å². The van der Waals surface area contributed by atoms with E-state index in [0.29, 0.717) is 18.8 Å². The summed E-state index contributed by atoms with van der Waals surface area (Å²) in [5.74, 6) is 0.283. The van der Waals surface area contributed by atoms with Crippen LogP contribution in [0.2, 0.25) is 0 Å². The lowest BCUT2D eigenvalue weighted by atomic mass is 10.0. The maximum Gasteiger partial charge on any atom is 0.257 e. The molecule has 0 radical (unpaired) electrons. The molecule has 0 aliphatic carbocycles. The number of pyridine rings is 1. The lowest BCUT2D eigenvalue weighted by Crippen LogP contribution is -2.29. The minimum absolute atomic E-state index is 0.0530. The second-order valence-electron chi connectivity index (χ2n) is 3.86. The molecule has 0 bridgehead atoms. The maximum absolute atomic E-state index is 12.1. The molecule has 5 nitrogen and oxygen atoms in total. The monoisotopic (exact) mass is 296 g/mol. The molecule has 2 rings (SSSR count). The highest BCUT2D eigenvalue weighted by atomic mass is 79.9. The van der Waals surface area contributed by atoms with E-state index in [1.807, 2.05) is 13.0 Å². The number of aromatic nitrogens is 1. The molecule has 1 unspecified atom stereocenters. The van der Waals surface area contributed by atoms with Crippen LogP contribution in [0.5, 0.6) is 0 Å². The molecule has 2 N–H and O–H groups in total. The summed E-state index contributed by atoms with van der Waals surface area (Å²) in [6.45, 7) is 2.32. The average Bonchev–Trinajstić information content (AvgIpc) is 2.59. The molecular weight excluding hydrogens is 284 g/mol. The molecule has 0 fully saturated rings. The molecule has 0 saturated carbocycles. The molecule has 1 amide bonds. The first-order valence-corrected chi connectivity index (χ1v) is 6.13. The van der Waals surface area contributed by atoms with Crippen LogP contribution in [0.25, 0.3) is 0 Å². The summed E-state index contributed by atoms with van der Waals surface area (Å²) in [5.41, 5.74) is 6.29. The standard InChI is InChI=1S/C11H13BrN4O/c1-7-9(4-5-13)11(17)16(15-7)10-3-2-8(12)6-14-10/h2-3,6,9H,4-5,13H2,1H3. The molecule has 6 heteroatoms. The van der Waals surface area contributed by atoms with Crippen molar-refractivity contribution >= 4 is 33.4 Å². The summed E-state index contributed by atoms with van der Waals surface area (Å²) in [6, 6.07) is 3.58. The van der Waals surface area contributed by atoms with Crippen LogP contribution in [0.3, 0.4) is 0 Å². The zero-order valence-electron chi connectivity index (χ0n) is 9.43. The largest absolute Gasteiger partial charge is 0.330 e. The van der Waals surface area contributed by atoms with Gasteiger partial charge < -0.3 is 5.73 Å². The van der Waals surface area contributed by atoms with Gasteiger partial charge in [-0.25, -0.2) is 4.98 Å². The van der Waals surface area contributed by atoms with Gasteiger partial charge in [0.05, 0.1) is 5.92 Å². The van der Waals surface area contributed by atoms with Crippen LogP contribution < -0.4 is 10.7 Å². The zero-order valence-corrected chi connectivity index (χ0v) is 11.0. The average molecular weight is 297 g/mol. The Kier molecular flexibility index (Phi) is 3.54. The Morgan fingerprint density at radius 3 is 2.88 bits per heavy atom. The van der Waals surface area contributed by atoms with Crippen molar-refractivity contribution in [1.29, 1.82) is 0 Å². The van der Waals surface area contributed by atoms with Gasteiger partial charge in [0.15, 0.2) is 5.82 Å². The summed E-state index contributed by atoms with van der Waals surface area (Å²) in [6.07, 6.45) is 2.27. The van der Waals surface area contributed by atoms with Crippen LogP contribution in [0.1, 0.15) is 13.3 Å². The Morgan fingerprint density at radius 1 is 1.53 bits per heavy atom. The van der Waals surface area contributed by atoms with E-state index >= 15 is 0 Å². The molecule has 0 saturated heterocycles. The molecule has 0 aromatic carbocycles. The van der Waals surface area contributed by atoms with E-state index in [0.717, 1.165) is 10.2 Å². The van der Waals surface area contributed by atoms with Crippen molar-refractivity contribution in [3.63, 3.8) is 0 Å². The van der Waals surface area contributed by atoms with Gasteiger partial charge in [-0.05, 0) is 48.0 Å². The van der Waals surface area contributed by atoms with Crippen LogP contribution >= 0.6 is 15.9 Å². The Morgan fingerprint density at radius 2 is 2.29 bits per heavy atom. The Labute approximate surface area is 108 Å². The fourth-order valence-electron chi connectivity index (χ4n) is 1.76. The molecule has 90 valence electrons. The van der Waals surface area contributed by atoms with Crippen molar-refractivity contribution in [3.05, 3.63) is 22.8 Å². The third kappa shape index (κ3) is 2.37. The third-order valence-electron chi connectivity index (χ3n) is 2.65. The maximum atomic E-state index is 12.1. The van der Waals surface area contributed by atoms with Crippen molar-refractivity contribution < 1.29 is 4.79 Å². The highest BCUT2D eigenvalue weighted by Crippen LogP contribution is 2.24. The predicted octanol–water partition coefficient (Wildman–Crippen LogP) is 1.53. The number of hydrogen-bond donors (Lipinski definition) is 1. The summed E-state index contributed by atoms with van der Waals surface area (Å²) in [5, 5.41) is 5.59. The Hall–Kier alpha value is -1.27. The van der Waals surface area contributed by atoms with Gasteiger partial charge in [0.25, 0.3) is 5.91 Å². The minimum Gasteiger partial charge on any atom is -0.330 e. The highest BCUT2D eigenvalue weighted by molar-refractivity contribution is 9.10. The van der Waals surface area contributed by atoms with E-state index < -0.39 is 0 Å². The van der Waals surface area contributed by atoms with Crippen LogP contribution in [0, 0.1) is 5.92 Å². The van der Waals surface area contributed by atoms with Crippen LogP contribution in [0.4, 0.5) is 5.82 Å². The number of anilines is 1. The molecule has 1 aromatic heterocycles. The summed E-state index contributed by atoms with van der Waals surface area (Å²) >= 11 is 3.30. The number of nitrogens with two attached hydrogens (primary N) is 1. The second kappa shape index (κ2) is 4.93. The first-order chi connectivity index (χ1) is 8.13. The molecule has 0 spiro atoms. The number of halogens is 1. The Bertz CT molecular complexity index is 457. The normalized spacial score (nSPS) is 19.7. The SMILES string of the molecule is CC1=NN(c2ccc(Br)cn2)C(=O)C1CCN. The molecule has 1 atom stereocenters. The number of carbonyl (C=O) groups is 1. The lowest BCUT2D eigenvalue weighted by Gasteiger charge is -2.12. The van der Waals surface area contributed by atoms with E-state index in [1.165, 1.54) is 5.01 Å². The smallest absolute Gasteiger partial charge is 0.257 e. The first-order valence-electron chi connectivity index (χ1n) is 5.34. The van der Waals surface area contributed by atoms with Crippen LogP contribution in [-0.2, 0) is 4.79 Å². The number of hydrazone groups is 1. The van der Waals surface area contributed by atoms with Gasteiger partial charge in [0.2, 0.25) is 0 Å². The van der Waals surface area contributed by atoms with Crippen molar-refractivity contribution in [2.45, 2.75) is 13.3 Å². The van der Waals surface area contributed by atoms with Gasteiger partial charge in [-0.15, -0.1) is 0 Å². The number of nitrogens with zero attached hydrogens (tertiary/aromatic N) is 3. The van der Waals surface area contributed by atoms with Crippen molar-refractivity contribution in [1.82, 2.24) is 4.98 Å².